The van der Waals surface area contributed by atoms with E-state index in [0.717, 1.165) is 0 Å². The smallest absolute Gasteiger partial charge is 0.244 e. The van der Waals surface area contributed by atoms with Gasteiger partial charge in [0.05, 0.1) is 18.2 Å². The van der Waals surface area contributed by atoms with Gasteiger partial charge in [-0.2, -0.15) is 0 Å². The minimum atomic E-state index is -3.85. The van der Waals surface area contributed by atoms with E-state index in [1.807, 2.05) is 13.8 Å². The van der Waals surface area contributed by atoms with Crippen LogP contribution in [0.15, 0.2) is 21.5 Å². The molecule has 0 bridgehead atoms. The Morgan fingerprint density at radius 2 is 2.05 bits per heavy atom. The van der Waals surface area contributed by atoms with E-state index in [-0.39, 0.29) is 28.2 Å². The Morgan fingerprint density at radius 3 is 2.52 bits per heavy atom. The van der Waals surface area contributed by atoms with Crippen LogP contribution >= 0.6 is 27.5 Å². The summed E-state index contributed by atoms with van der Waals surface area (Å²) in [6.45, 7) is 3.63. The fourth-order valence-electron chi connectivity index (χ4n) is 1.95. The first kappa shape index (κ1) is 18.7. The van der Waals surface area contributed by atoms with E-state index in [2.05, 4.69) is 20.7 Å². The molecule has 0 aliphatic rings. The Kier molecular flexibility index (Phi) is 6.93. The number of methoxy groups -OCH3 is 1. The molecular weight excluding hydrogens is 382 g/mol. The molecule has 0 aromatic heterocycles. The lowest BCUT2D eigenvalue weighted by Crippen LogP contribution is -2.38. The first-order valence-corrected chi connectivity index (χ1v) is 9.03. The van der Waals surface area contributed by atoms with E-state index >= 15 is 0 Å². The van der Waals surface area contributed by atoms with Gasteiger partial charge in [0, 0.05) is 11.1 Å². The van der Waals surface area contributed by atoms with Gasteiger partial charge < -0.3 is 9.84 Å². The molecule has 0 aliphatic carbocycles. The summed E-state index contributed by atoms with van der Waals surface area (Å²) < 4.78 is 33.0. The predicted octanol–water partition coefficient (Wildman–Crippen LogP) is 2.80. The largest absolute Gasteiger partial charge is 0.494 e. The van der Waals surface area contributed by atoms with Crippen molar-refractivity contribution in [2.45, 2.75) is 31.2 Å². The van der Waals surface area contributed by atoms with Crippen LogP contribution in [0.3, 0.4) is 0 Å². The number of nitrogens with one attached hydrogen (secondary N) is 1. The minimum absolute atomic E-state index is 0.0634. The summed E-state index contributed by atoms with van der Waals surface area (Å²) in [6, 6.07) is 2.31. The van der Waals surface area contributed by atoms with Crippen LogP contribution in [0, 0.1) is 5.92 Å². The van der Waals surface area contributed by atoms with Crippen LogP contribution in [-0.2, 0) is 10.0 Å². The maximum absolute atomic E-state index is 12.5. The zero-order valence-corrected chi connectivity index (χ0v) is 15.2. The molecule has 5 nitrogen and oxygen atoms in total. The second kappa shape index (κ2) is 7.78. The third-order valence-corrected chi connectivity index (χ3v) is 5.10. The lowest BCUT2D eigenvalue weighted by atomic mass is 10.1. The Bertz CT molecular complexity index is 592. The van der Waals surface area contributed by atoms with Gasteiger partial charge in [-0.25, -0.2) is 13.1 Å². The summed E-state index contributed by atoms with van der Waals surface area (Å²) in [4.78, 5) is -0.0634. The van der Waals surface area contributed by atoms with E-state index in [1.165, 1.54) is 13.2 Å². The van der Waals surface area contributed by atoms with Gasteiger partial charge in [0.15, 0.2) is 5.75 Å². The molecule has 1 rings (SSSR count). The zero-order chi connectivity index (χ0) is 16.2. The first-order valence-electron chi connectivity index (χ1n) is 6.37. The van der Waals surface area contributed by atoms with Crippen molar-refractivity contribution in [1.29, 1.82) is 0 Å². The van der Waals surface area contributed by atoms with Crippen LogP contribution in [0.5, 0.6) is 5.75 Å². The highest BCUT2D eigenvalue weighted by atomic mass is 79.9. The summed E-state index contributed by atoms with van der Waals surface area (Å²) in [5.41, 5.74) is 0. The number of ether oxygens (including phenoxy) is 1. The van der Waals surface area contributed by atoms with Gasteiger partial charge in [0.25, 0.3) is 0 Å². The van der Waals surface area contributed by atoms with E-state index < -0.39 is 16.1 Å². The van der Waals surface area contributed by atoms with Gasteiger partial charge in [-0.15, -0.1) is 0 Å². The highest BCUT2D eigenvalue weighted by molar-refractivity contribution is 9.10. The minimum Gasteiger partial charge on any atom is -0.494 e. The van der Waals surface area contributed by atoms with Crippen molar-refractivity contribution in [1.82, 2.24) is 4.72 Å². The van der Waals surface area contributed by atoms with Crippen molar-refractivity contribution < 1.29 is 18.3 Å². The fourth-order valence-corrected chi connectivity index (χ4v) is 4.57. The Hall–Kier alpha value is -0.340. The quantitative estimate of drug-likeness (QED) is 0.738. The molecule has 1 aromatic carbocycles. The lowest BCUT2D eigenvalue weighted by molar-refractivity contribution is 0.240. The number of hydrogen-bond donors (Lipinski definition) is 2. The number of sulfonamides is 1. The number of rotatable bonds is 7. The topological polar surface area (TPSA) is 75.6 Å². The van der Waals surface area contributed by atoms with Crippen molar-refractivity contribution in [2.24, 2.45) is 5.92 Å². The fraction of sp³-hybridized carbons (Fsp3) is 0.538. The third-order valence-electron chi connectivity index (χ3n) is 2.77. The second-order valence-corrected chi connectivity index (χ2v) is 8.02. The molecule has 21 heavy (non-hydrogen) atoms. The molecule has 0 saturated heterocycles. The van der Waals surface area contributed by atoms with E-state index in [0.29, 0.717) is 10.9 Å². The monoisotopic (exact) mass is 399 g/mol. The van der Waals surface area contributed by atoms with Gasteiger partial charge >= 0.3 is 0 Å². The highest BCUT2D eigenvalue weighted by Crippen LogP contribution is 2.35. The maximum Gasteiger partial charge on any atom is 0.244 e. The van der Waals surface area contributed by atoms with Gasteiger partial charge in [-0.1, -0.05) is 25.4 Å². The van der Waals surface area contributed by atoms with Crippen LogP contribution in [0.2, 0.25) is 5.02 Å². The molecule has 0 fully saturated rings. The first-order chi connectivity index (χ1) is 9.71. The normalized spacial score (nSPS) is 13.5. The van der Waals surface area contributed by atoms with Gasteiger partial charge in [-0.3, -0.25) is 0 Å². The number of halogens is 2. The lowest BCUT2D eigenvalue weighted by Gasteiger charge is -2.19. The van der Waals surface area contributed by atoms with E-state index in [4.69, 9.17) is 16.3 Å². The predicted molar refractivity (Wildman–Crippen MR) is 86.4 cm³/mol. The number of aliphatic hydroxyl groups is 1. The van der Waals surface area contributed by atoms with E-state index in [9.17, 15) is 13.5 Å². The Labute approximate surface area is 138 Å². The molecule has 0 amide bonds. The average Bonchev–Trinajstić information content (AvgIpc) is 2.36. The summed E-state index contributed by atoms with van der Waals surface area (Å²) in [5, 5.41) is 9.60. The molecule has 1 unspecified atom stereocenters. The van der Waals surface area contributed by atoms with Gasteiger partial charge in [0.1, 0.15) is 4.90 Å². The van der Waals surface area contributed by atoms with Gasteiger partial charge in [0.2, 0.25) is 10.0 Å². The third kappa shape index (κ3) is 5.10. The Balaban J connectivity index is 3.18. The van der Waals surface area contributed by atoms with E-state index in [1.54, 1.807) is 6.07 Å². The van der Waals surface area contributed by atoms with Gasteiger partial charge in [-0.05, 0) is 40.4 Å². The molecular formula is C13H19BrClNO4S. The van der Waals surface area contributed by atoms with Crippen molar-refractivity contribution in [3.63, 3.8) is 0 Å². The number of benzene rings is 1. The molecule has 0 spiro atoms. The van der Waals surface area contributed by atoms with Crippen molar-refractivity contribution in [3.8, 4) is 5.75 Å². The van der Waals surface area contributed by atoms with Crippen LogP contribution in [-0.4, -0.2) is 33.3 Å². The van der Waals surface area contributed by atoms with Crippen LogP contribution in [0.4, 0.5) is 0 Å². The summed E-state index contributed by atoms with van der Waals surface area (Å²) >= 11 is 9.14. The molecule has 0 aliphatic heterocycles. The van der Waals surface area contributed by atoms with Crippen molar-refractivity contribution in [2.75, 3.05) is 13.7 Å². The molecule has 8 heteroatoms. The summed E-state index contributed by atoms with van der Waals surface area (Å²) in [6.07, 6.45) is 0.528. The molecule has 2 N–H and O–H groups in total. The molecule has 120 valence electrons. The SMILES string of the molecule is COc1c(Br)cc(Cl)cc1S(=O)(=O)NC(CO)CC(C)C. The molecule has 1 aromatic rings. The molecule has 0 heterocycles. The zero-order valence-electron chi connectivity index (χ0n) is 12.1. The average molecular weight is 401 g/mol. The van der Waals surface area contributed by atoms with Crippen molar-refractivity contribution in [3.05, 3.63) is 21.6 Å². The molecule has 0 radical (unpaired) electrons. The van der Waals surface area contributed by atoms with Crippen LogP contribution in [0.25, 0.3) is 0 Å². The summed E-state index contributed by atoms with van der Waals surface area (Å²) in [7, 11) is -2.47. The maximum atomic E-state index is 12.5. The molecule has 1 atom stereocenters. The highest BCUT2D eigenvalue weighted by Gasteiger charge is 2.25. The number of aliphatic hydroxyl groups excluding tert-OH is 1. The molecule has 0 saturated carbocycles. The number of hydrogen-bond acceptors (Lipinski definition) is 4. The standard InChI is InChI=1S/C13H19BrClNO4S/c1-8(2)4-10(7-17)16-21(18,19)12-6-9(15)5-11(14)13(12)20-3/h5-6,8,10,16-17H,4,7H2,1-3H3. The van der Waals surface area contributed by atoms with Crippen molar-refractivity contribution >= 4 is 37.6 Å². The second-order valence-electron chi connectivity index (χ2n) is 5.05. The van der Waals surface area contributed by atoms with Crippen LogP contribution < -0.4 is 9.46 Å². The van der Waals surface area contributed by atoms with Crippen LogP contribution in [0.1, 0.15) is 20.3 Å². The summed E-state index contributed by atoms with van der Waals surface area (Å²) in [5.74, 6) is 0.422. The Morgan fingerprint density at radius 1 is 1.43 bits per heavy atom.